The zero-order valence-electron chi connectivity index (χ0n) is 14.3. The molecule has 0 bridgehead atoms. The molecule has 0 unspecified atom stereocenters. The van der Waals surface area contributed by atoms with E-state index in [-0.39, 0.29) is 0 Å². The SMILES string of the molecule is [CH2]/C=C(\C)CCC=C(C)CC/C=C(\C)CCC=C(C)C. The number of hydrogen-bond donors (Lipinski definition) is 0. The van der Waals surface area contributed by atoms with E-state index in [4.69, 9.17) is 0 Å². The fourth-order valence-electron chi connectivity index (χ4n) is 1.99. The first-order valence-corrected chi connectivity index (χ1v) is 7.85. The molecular formula is C20H33. The lowest BCUT2D eigenvalue weighted by Gasteiger charge is -2.02. The van der Waals surface area contributed by atoms with E-state index in [1.165, 1.54) is 48.0 Å². The average molecular weight is 273 g/mol. The van der Waals surface area contributed by atoms with Crippen molar-refractivity contribution in [1.29, 1.82) is 0 Å². The molecule has 0 aliphatic rings. The normalized spacial score (nSPS) is 13.6. The first kappa shape index (κ1) is 19.0. The third-order valence-electron chi connectivity index (χ3n) is 3.50. The lowest BCUT2D eigenvalue weighted by molar-refractivity contribution is 0.900. The lowest BCUT2D eigenvalue weighted by atomic mass is 10.0. The summed E-state index contributed by atoms with van der Waals surface area (Å²) in [6.07, 6.45) is 16.1. The standard InChI is InChI=1S/C20H33/c1-7-18(4)12-9-14-20(6)16-10-15-19(5)13-8-11-17(2)3/h7,11,14-15H,1,8-10,12-13,16H2,2-6H3/b18-7+,19-15+,20-14?. The molecule has 113 valence electrons. The maximum atomic E-state index is 3.79. The van der Waals surface area contributed by atoms with Gasteiger partial charge in [0.05, 0.1) is 0 Å². The van der Waals surface area contributed by atoms with Gasteiger partial charge in [0, 0.05) is 0 Å². The molecule has 0 N–H and O–H groups in total. The highest BCUT2D eigenvalue weighted by atomic mass is 14.0. The Morgan fingerprint density at radius 3 is 1.45 bits per heavy atom. The van der Waals surface area contributed by atoms with Crippen molar-refractivity contribution >= 4 is 0 Å². The number of rotatable bonds is 9. The van der Waals surface area contributed by atoms with Crippen molar-refractivity contribution in [2.24, 2.45) is 0 Å². The Bertz CT molecular complexity index is 371. The molecule has 0 fully saturated rings. The maximum absolute atomic E-state index is 3.79. The van der Waals surface area contributed by atoms with Gasteiger partial charge in [-0.05, 0) is 80.1 Å². The van der Waals surface area contributed by atoms with E-state index in [1.807, 2.05) is 6.08 Å². The summed E-state index contributed by atoms with van der Waals surface area (Å²) in [5.74, 6) is 0. The van der Waals surface area contributed by atoms with E-state index in [0.29, 0.717) is 0 Å². The van der Waals surface area contributed by atoms with Crippen LogP contribution in [0, 0.1) is 6.92 Å². The van der Waals surface area contributed by atoms with Crippen LogP contribution in [-0.4, -0.2) is 0 Å². The van der Waals surface area contributed by atoms with Crippen LogP contribution in [0.3, 0.4) is 0 Å². The second-order valence-electron chi connectivity index (χ2n) is 6.05. The molecular weight excluding hydrogens is 240 g/mol. The van der Waals surface area contributed by atoms with Crippen molar-refractivity contribution in [3.63, 3.8) is 0 Å². The molecule has 0 saturated carbocycles. The Morgan fingerprint density at radius 1 is 0.650 bits per heavy atom. The Balaban J connectivity index is 3.91. The van der Waals surface area contributed by atoms with Crippen LogP contribution in [0.25, 0.3) is 0 Å². The molecule has 0 nitrogen and oxygen atoms in total. The summed E-state index contributed by atoms with van der Waals surface area (Å²) in [6.45, 7) is 14.8. The molecule has 0 rings (SSSR count). The molecule has 0 aromatic carbocycles. The Kier molecular flexibility index (Phi) is 11.1. The van der Waals surface area contributed by atoms with Gasteiger partial charge in [0.2, 0.25) is 0 Å². The summed E-state index contributed by atoms with van der Waals surface area (Å²) < 4.78 is 0. The second kappa shape index (κ2) is 11.8. The van der Waals surface area contributed by atoms with Crippen molar-refractivity contribution in [3.8, 4) is 0 Å². The quantitative estimate of drug-likeness (QED) is 0.398. The van der Waals surface area contributed by atoms with Gasteiger partial charge in [-0.3, -0.25) is 0 Å². The van der Waals surface area contributed by atoms with E-state index in [9.17, 15) is 0 Å². The predicted molar refractivity (Wildman–Crippen MR) is 93.8 cm³/mol. The second-order valence-corrected chi connectivity index (χ2v) is 6.05. The largest absolute Gasteiger partial charge is 0.0856 e. The summed E-state index contributed by atoms with van der Waals surface area (Å²) in [6, 6.07) is 0. The lowest BCUT2D eigenvalue weighted by Crippen LogP contribution is -1.82. The number of allylic oxidation sites excluding steroid dienone is 8. The first-order valence-electron chi connectivity index (χ1n) is 7.85. The molecule has 0 aliphatic carbocycles. The zero-order chi connectivity index (χ0) is 15.4. The summed E-state index contributed by atoms with van der Waals surface area (Å²) in [5, 5.41) is 0. The Morgan fingerprint density at radius 2 is 1.05 bits per heavy atom. The monoisotopic (exact) mass is 273 g/mol. The summed E-state index contributed by atoms with van der Waals surface area (Å²) in [5.41, 5.74) is 5.83. The van der Waals surface area contributed by atoms with Crippen molar-refractivity contribution in [3.05, 3.63) is 53.5 Å². The third-order valence-corrected chi connectivity index (χ3v) is 3.50. The molecule has 0 heterocycles. The summed E-state index contributed by atoms with van der Waals surface area (Å²) in [4.78, 5) is 0. The Hall–Kier alpha value is -1.04. The minimum Gasteiger partial charge on any atom is -0.0856 e. The van der Waals surface area contributed by atoms with Gasteiger partial charge < -0.3 is 0 Å². The fraction of sp³-hybridized carbons (Fsp3) is 0.550. The average Bonchev–Trinajstić information content (AvgIpc) is 2.38. The molecule has 0 aromatic heterocycles. The van der Waals surface area contributed by atoms with Crippen LogP contribution in [0.5, 0.6) is 0 Å². The first-order chi connectivity index (χ1) is 9.45. The molecule has 0 amide bonds. The summed E-state index contributed by atoms with van der Waals surface area (Å²) >= 11 is 0. The molecule has 0 atom stereocenters. The minimum atomic E-state index is 1.14. The van der Waals surface area contributed by atoms with Crippen LogP contribution in [0.2, 0.25) is 0 Å². The van der Waals surface area contributed by atoms with Crippen LogP contribution in [0.15, 0.2) is 46.6 Å². The molecule has 0 aromatic rings. The van der Waals surface area contributed by atoms with Crippen LogP contribution in [0.1, 0.15) is 73.1 Å². The van der Waals surface area contributed by atoms with E-state index in [0.717, 1.165) is 12.8 Å². The van der Waals surface area contributed by atoms with E-state index in [2.05, 4.69) is 59.8 Å². The molecule has 1 radical (unpaired) electrons. The van der Waals surface area contributed by atoms with E-state index in [1.54, 1.807) is 0 Å². The molecule has 0 heteroatoms. The highest BCUT2D eigenvalue weighted by Crippen LogP contribution is 2.13. The zero-order valence-corrected chi connectivity index (χ0v) is 14.3. The molecule has 0 aliphatic heterocycles. The van der Waals surface area contributed by atoms with Crippen molar-refractivity contribution < 1.29 is 0 Å². The summed E-state index contributed by atoms with van der Waals surface area (Å²) in [7, 11) is 0. The van der Waals surface area contributed by atoms with Gasteiger partial charge in [0.25, 0.3) is 0 Å². The van der Waals surface area contributed by atoms with E-state index >= 15 is 0 Å². The van der Waals surface area contributed by atoms with Gasteiger partial charge in [-0.25, -0.2) is 0 Å². The fourth-order valence-corrected chi connectivity index (χ4v) is 1.99. The molecule has 20 heavy (non-hydrogen) atoms. The highest BCUT2D eigenvalue weighted by molar-refractivity contribution is 5.07. The van der Waals surface area contributed by atoms with Gasteiger partial charge in [-0.1, -0.05) is 46.6 Å². The maximum Gasteiger partial charge on any atom is -0.0288 e. The van der Waals surface area contributed by atoms with Gasteiger partial charge in [-0.2, -0.15) is 0 Å². The van der Waals surface area contributed by atoms with Crippen molar-refractivity contribution in [1.82, 2.24) is 0 Å². The third kappa shape index (κ3) is 12.0. The van der Waals surface area contributed by atoms with Crippen LogP contribution < -0.4 is 0 Å². The van der Waals surface area contributed by atoms with Gasteiger partial charge in [-0.15, -0.1) is 0 Å². The van der Waals surface area contributed by atoms with Crippen LogP contribution in [0.4, 0.5) is 0 Å². The predicted octanol–water partition coefficient (Wildman–Crippen LogP) is 6.97. The smallest absolute Gasteiger partial charge is 0.0288 e. The Labute approximate surface area is 127 Å². The van der Waals surface area contributed by atoms with E-state index < -0.39 is 0 Å². The topological polar surface area (TPSA) is 0 Å². The van der Waals surface area contributed by atoms with Gasteiger partial charge in [0.1, 0.15) is 0 Å². The van der Waals surface area contributed by atoms with Gasteiger partial charge in [0.15, 0.2) is 0 Å². The van der Waals surface area contributed by atoms with Crippen molar-refractivity contribution in [2.75, 3.05) is 0 Å². The number of hydrogen-bond acceptors (Lipinski definition) is 0. The molecule has 0 saturated heterocycles. The van der Waals surface area contributed by atoms with Gasteiger partial charge >= 0.3 is 0 Å². The van der Waals surface area contributed by atoms with Crippen LogP contribution in [-0.2, 0) is 0 Å². The molecule has 0 spiro atoms. The minimum absolute atomic E-state index is 1.14. The van der Waals surface area contributed by atoms with Crippen LogP contribution >= 0.6 is 0 Å². The van der Waals surface area contributed by atoms with Crippen molar-refractivity contribution in [2.45, 2.75) is 73.1 Å². The highest BCUT2D eigenvalue weighted by Gasteiger charge is 1.92.